The van der Waals surface area contributed by atoms with Crippen LogP contribution >= 0.6 is 0 Å². The first kappa shape index (κ1) is 14.6. The summed E-state index contributed by atoms with van der Waals surface area (Å²) in [6.07, 6.45) is 3.55. The van der Waals surface area contributed by atoms with Crippen LogP contribution in [0.5, 0.6) is 0 Å². The molecule has 0 radical (unpaired) electrons. The molecule has 0 saturated heterocycles. The van der Waals surface area contributed by atoms with Crippen molar-refractivity contribution in [3.05, 3.63) is 30.3 Å². The van der Waals surface area contributed by atoms with Crippen LogP contribution in [0.15, 0.2) is 30.3 Å². The van der Waals surface area contributed by atoms with Crippen LogP contribution in [0.1, 0.15) is 39.5 Å². The van der Waals surface area contributed by atoms with E-state index in [1.807, 2.05) is 30.3 Å². The van der Waals surface area contributed by atoms with Gasteiger partial charge in [-0.25, -0.2) is 0 Å². The molecular formula is C17H22N2O. The van der Waals surface area contributed by atoms with Gasteiger partial charge in [-0.2, -0.15) is 5.26 Å². The number of nitriles is 1. The largest absolute Gasteiger partial charge is 0.311 e. The van der Waals surface area contributed by atoms with Crippen LogP contribution in [0.3, 0.4) is 0 Å². The van der Waals surface area contributed by atoms with Crippen LogP contribution < -0.4 is 4.90 Å². The fraction of sp³-hybridized carbons (Fsp3) is 0.529. The van der Waals surface area contributed by atoms with Crippen molar-refractivity contribution in [2.45, 2.75) is 39.5 Å². The van der Waals surface area contributed by atoms with Gasteiger partial charge in [-0.05, 0) is 30.4 Å². The first-order chi connectivity index (χ1) is 9.56. The zero-order valence-corrected chi connectivity index (χ0v) is 12.3. The maximum Gasteiger partial charge on any atom is 0.230 e. The predicted molar refractivity (Wildman–Crippen MR) is 80.1 cm³/mol. The van der Waals surface area contributed by atoms with Crippen LogP contribution in [0.2, 0.25) is 0 Å². The molecule has 1 aromatic carbocycles. The van der Waals surface area contributed by atoms with Crippen molar-refractivity contribution in [2.24, 2.45) is 11.3 Å². The van der Waals surface area contributed by atoms with E-state index in [-0.39, 0.29) is 17.2 Å². The molecule has 1 fully saturated rings. The van der Waals surface area contributed by atoms with E-state index in [1.54, 1.807) is 4.90 Å². The Hall–Kier alpha value is -1.82. The minimum atomic E-state index is 0.0662. The van der Waals surface area contributed by atoms with E-state index >= 15 is 0 Å². The lowest BCUT2D eigenvalue weighted by molar-refractivity contribution is -0.124. The van der Waals surface area contributed by atoms with Crippen molar-refractivity contribution in [3.8, 4) is 6.07 Å². The zero-order chi connectivity index (χ0) is 14.6. The molecule has 3 nitrogen and oxygen atoms in total. The highest BCUT2D eigenvalue weighted by Crippen LogP contribution is 2.43. The van der Waals surface area contributed by atoms with Crippen LogP contribution in [0.4, 0.5) is 5.69 Å². The molecular weight excluding hydrogens is 248 g/mol. The number of rotatable bonds is 4. The van der Waals surface area contributed by atoms with E-state index in [9.17, 15) is 4.79 Å². The highest BCUT2D eigenvalue weighted by Gasteiger charge is 2.41. The summed E-state index contributed by atoms with van der Waals surface area (Å²) >= 11 is 0. The number of hydrogen-bond donors (Lipinski definition) is 0. The molecule has 0 spiro atoms. The molecule has 1 saturated carbocycles. The maximum atomic E-state index is 12.9. The summed E-state index contributed by atoms with van der Waals surface area (Å²) in [5.74, 6) is 0.246. The van der Waals surface area contributed by atoms with Crippen molar-refractivity contribution in [2.75, 3.05) is 11.4 Å². The quantitative estimate of drug-likeness (QED) is 0.836. The molecule has 2 rings (SSSR count). The minimum absolute atomic E-state index is 0.0662. The van der Waals surface area contributed by atoms with Gasteiger partial charge in [0.1, 0.15) is 0 Å². The number of carbonyl (C=O) groups excluding carboxylic acids is 1. The third-order valence-corrected chi connectivity index (χ3v) is 4.34. The summed E-state index contributed by atoms with van der Waals surface area (Å²) in [7, 11) is 0. The summed E-state index contributed by atoms with van der Waals surface area (Å²) in [6, 6.07) is 11.8. The molecule has 1 unspecified atom stereocenters. The maximum absolute atomic E-state index is 12.9. The molecule has 3 heteroatoms. The average Bonchev–Trinajstić information content (AvgIpc) is 2.79. The summed E-state index contributed by atoms with van der Waals surface area (Å²) in [5.41, 5.74) is 0.965. The highest BCUT2D eigenvalue weighted by atomic mass is 16.2. The highest BCUT2D eigenvalue weighted by molar-refractivity contribution is 5.95. The molecule has 1 aromatic rings. The van der Waals surface area contributed by atoms with Gasteiger partial charge >= 0.3 is 0 Å². The van der Waals surface area contributed by atoms with E-state index in [1.165, 1.54) is 0 Å². The van der Waals surface area contributed by atoms with Crippen LogP contribution in [0.25, 0.3) is 0 Å². The van der Waals surface area contributed by atoms with E-state index in [4.69, 9.17) is 5.26 Å². The SMILES string of the molecule is CC1(C)CCCC1C(=O)N(CCC#N)c1ccccc1. The number of para-hydroxylation sites is 1. The second-order valence-corrected chi connectivity index (χ2v) is 6.17. The van der Waals surface area contributed by atoms with Crippen molar-refractivity contribution in [1.82, 2.24) is 0 Å². The van der Waals surface area contributed by atoms with Gasteiger partial charge in [0.2, 0.25) is 5.91 Å². The molecule has 106 valence electrons. The summed E-state index contributed by atoms with van der Waals surface area (Å²) < 4.78 is 0. The van der Waals surface area contributed by atoms with Gasteiger partial charge in [0.05, 0.1) is 12.5 Å². The van der Waals surface area contributed by atoms with E-state index in [0.717, 1.165) is 24.9 Å². The van der Waals surface area contributed by atoms with Gasteiger partial charge in [-0.1, -0.05) is 38.5 Å². The lowest BCUT2D eigenvalue weighted by Crippen LogP contribution is -2.40. The monoisotopic (exact) mass is 270 g/mol. The second kappa shape index (κ2) is 6.09. The third kappa shape index (κ3) is 3.01. The molecule has 1 amide bonds. The first-order valence-corrected chi connectivity index (χ1v) is 7.29. The van der Waals surface area contributed by atoms with Gasteiger partial charge < -0.3 is 4.90 Å². The van der Waals surface area contributed by atoms with Crippen molar-refractivity contribution >= 4 is 11.6 Å². The predicted octanol–water partition coefficient (Wildman–Crippen LogP) is 3.76. The number of anilines is 1. The summed E-state index contributed by atoms with van der Waals surface area (Å²) in [5, 5.41) is 8.82. The van der Waals surface area contributed by atoms with Crippen molar-refractivity contribution in [1.29, 1.82) is 5.26 Å². The molecule has 20 heavy (non-hydrogen) atoms. The van der Waals surface area contributed by atoms with Gasteiger partial charge in [0, 0.05) is 18.2 Å². The molecule has 1 aliphatic rings. The van der Waals surface area contributed by atoms with Crippen LogP contribution in [-0.2, 0) is 4.79 Å². The first-order valence-electron chi connectivity index (χ1n) is 7.29. The Morgan fingerprint density at radius 1 is 1.40 bits per heavy atom. The van der Waals surface area contributed by atoms with Crippen molar-refractivity contribution in [3.63, 3.8) is 0 Å². The molecule has 1 aliphatic carbocycles. The van der Waals surface area contributed by atoms with Crippen LogP contribution in [-0.4, -0.2) is 12.5 Å². The normalized spacial score (nSPS) is 20.4. The Kier molecular flexibility index (Phi) is 4.44. The minimum Gasteiger partial charge on any atom is -0.311 e. The molecule has 0 heterocycles. The Morgan fingerprint density at radius 3 is 2.65 bits per heavy atom. The molecule has 0 N–H and O–H groups in total. The average molecular weight is 270 g/mol. The van der Waals surface area contributed by atoms with Crippen molar-refractivity contribution < 1.29 is 4.79 Å². The Morgan fingerprint density at radius 2 is 2.10 bits per heavy atom. The number of hydrogen-bond acceptors (Lipinski definition) is 2. The Labute approximate surface area is 121 Å². The number of carbonyl (C=O) groups is 1. The molecule has 1 atom stereocenters. The molecule has 0 aliphatic heterocycles. The van der Waals surface area contributed by atoms with Gasteiger partial charge in [0.15, 0.2) is 0 Å². The van der Waals surface area contributed by atoms with E-state index in [0.29, 0.717) is 13.0 Å². The zero-order valence-electron chi connectivity index (χ0n) is 12.3. The fourth-order valence-corrected chi connectivity index (χ4v) is 3.11. The van der Waals surface area contributed by atoms with Gasteiger partial charge in [-0.15, -0.1) is 0 Å². The Bertz CT molecular complexity index is 501. The van der Waals surface area contributed by atoms with E-state index in [2.05, 4.69) is 19.9 Å². The second-order valence-electron chi connectivity index (χ2n) is 6.17. The van der Waals surface area contributed by atoms with E-state index < -0.39 is 0 Å². The molecule has 0 aromatic heterocycles. The number of nitrogens with zero attached hydrogens (tertiary/aromatic N) is 2. The topological polar surface area (TPSA) is 44.1 Å². The standard InChI is InChI=1S/C17H22N2O/c1-17(2)11-6-10-15(17)16(20)19(13-7-12-18)14-8-4-3-5-9-14/h3-5,8-9,15H,6-7,10-11,13H2,1-2H3. The Balaban J connectivity index is 2.23. The third-order valence-electron chi connectivity index (χ3n) is 4.34. The van der Waals surface area contributed by atoms with Gasteiger partial charge in [-0.3, -0.25) is 4.79 Å². The smallest absolute Gasteiger partial charge is 0.230 e. The summed E-state index contributed by atoms with van der Waals surface area (Å²) in [6.45, 7) is 4.83. The molecule has 0 bridgehead atoms. The van der Waals surface area contributed by atoms with Gasteiger partial charge in [0.25, 0.3) is 0 Å². The lowest BCUT2D eigenvalue weighted by atomic mass is 9.81. The van der Waals surface area contributed by atoms with Crippen LogP contribution in [0, 0.1) is 22.7 Å². The number of amides is 1. The number of benzene rings is 1. The fourth-order valence-electron chi connectivity index (χ4n) is 3.11. The summed E-state index contributed by atoms with van der Waals surface area (Å²) in [4.78, 5) is 14.7. The lowest BCUT2D eigenvalue weighted by Gasteiger charge is -2.31.